The van der Waals surface area contributed by atoms with Gasteiger partial charge in [-0.3, -0.25) is 0 Å². The summed E-state index contributed by atoms with van der Waals surface area (Å²) >= 11 is 6.11. The zero-order valence-electron chi connectivity index (χ0n) is 9.72. The van der Waals surface area contributed by atoms with Crippen molar-refractivity contribution in [1.82, 2.24) is 10.3 Å². The van der Waals surface area contributed by atoms with Gasteiger partial charge in [-0.1, -0.05) is 11.6 Å². The van der Waals surface area contributed by atoms with Crippen LogP contribution in [0.15, 0.2) is 18.2 Å². The molecule has 2 N–H and O–H groups in total. The second kappa shape index (κ2) is 4.24. The first-order chi connectivity index (χ1) is 8.28. The molecule has 1 saturated heterocycles. The van der Waals surface area contributed by atoms with Crippen molar-refractivity contribution in [2.75, 3.05) is 20.2 Å². The van der Waals surface area contributed by atoms with Gasteiger partial charge in [-0.05, 0) is 31.2 Å². The quantitative estimate of drug-likeness (QED) is 0.860. The molecule has 3 nitrogen and oxygen atoms in total. The van der Waals surface area contributed by atoms with E-state index >= 15 is 0 Å². The summed E-state index contributed by atoms with van der Waals surface area (Å²) in [6, 6.07) is 6.12. The number of hydrogen-bond acceptors (Lipinski definition) is 2. The summed E-state index contributed by atoms with van der Waals surface area (Å²) in [5.74, 6) is 1.32. The van der Waals surface area contributed by atoms with Crippen LogP contribution < -0.4 is 10.1 Å². The Morgan fingerprint density at radius 3 is 2.94 bits per heavy atom. The Bertz CT molecular complexity index is 544. The fraction of sp³-hybridized carbons (Fsp3) is 0.385. The van der Waals surface area contributed by atoms with Gasteiger partial charge in [0.15, 0.2) is 0 Å². The van der Waals surface area contributed by atoms with Crippen LogP contribution >= 0.6 is 11.6 Å². The molecular weight excluding hydrogens is 236 g/mol. The molecule has 90 valence electrons. The molecule has 2 heterocycles. The summed E-state index contributed by atoms with van der Waals surface area (Å²) in [7, 11) is 1.64. The van der Waals surface area contributed by atoms with Gasteiger partial charge < -0.3 is 15.0 Å². The maximum absolute atomic E-state index is 6.11. The second-order valence-corrected chi connectivity index (χ2v) is 4.90. The normalized spacial score (nSPS) is 20.0. The number of rotatable bonds is 2. The van der Waals surface area contributed by atoms with Crippen molar-refractivity contribution in [2.24, 2.45) is 0 Å². The van der Waals surface area contributed by atoms with Crippen LogP contribution in [0.5, 0.6) is 5.75 Å². The summed E-state index contributed by atoms with van der Waals surface area (Å²) in [6.45, 7) is 2.15. The van der Waals surface area contributed by atoms with Crippen molar-refractivity contribution in [3.8, 4) is 5.75 Å². The standard InChI is InChI=1S/C13H15ClN2O/c1-17-13-5-9-4-11(8-2-3-15-7-8)16-12(9)6-10(13)14/h4-6,8,15-16H,2-3,7H2,1H3. The molecule has 17 heavy (non-hydrogen) atoms. The summed E-state index contributed by atoms with van der Waals surface area (Å²) in [5.41, 5.74) is 2.37. The number of ether oxygens (including phenoxy) is 1. The third-order valence-electron chi connectivity index (χ3n) is 3.41. The Morgan fingerprint density at radius 1 is 1.35 bits per heavy atom. The minimum absolute atomic E-state index is 0.590. The van der Waals surface area contributed by atoms with Crippen LogP contribution in [0.3, 0.4) is 0 Å². The van der Waals surface area contributed by atoms with E-state index in [4.69, 9.17) is 16.3 Å². The zero-order chi connectivity index (χ0) is 11.8. The maximum atomic E-state index is 6.11. The molecule has 0 bridgehead atoms. The smallest absolute Gasteiger partial charge is 0.138 e. The van der Waals surface area contributed by atoms with Gasteiger partial charge in [-0.15, -0.1) is 0 Å². The Hall–Kier alpha value is -1.19. The molecule has 1 aliphatic heterocycles. The van der Waals surface area contributed by atoms with Gasteiger partial charge in [0.2, 0.25) is 0 Å². The molecule has 0 spiro atoms. The number of hydrogen-bond donors (Lipinski definition) is 2. The third kappa shape index (κ3) is 1.90. The molecule has 0 radical (unpaired) electrons. The molecule has 0 aliphatic carbocycles. The minimum atomic E-state index is 0.590. The van der Waals surface area contributed by atoms with Crippen LogP contribution in [0.4, 0.5) is 0 Å². The Kier molecular flexibility index (Phi) is 2.73. The van der Waals surface area contributed by atoms with Crippen molar-refractivity contribution in [3.05, 3.63) is 28.9 Å². The van der Waals surface area contributed by atoms with E-state index in [2.05, 4.69) is 16.4 Å². The van der Waals surface area contributed by atoms with E-state index in [9.17, 15) is 0 Å². The molecule has 3 rings (SSSR count). The van der Waals surface area contributed by atoms with Crippen LogP contribution in [0.2, 0.25) is 5.02 Å². The molecule has 0 saturated carbocycles. The highest BCUT2D eigenvalue weighted by Crippen LogP contribution is 2.32. The number of halogens is 1. The number of fused-ring (bicyclic) bond motifs is 1. The van der Waals surface area contributed by atoms with E-state index in [1.807, 2.05) is 12.1 Å². The Labute approximate surface area is 105 Å². The monoisotopic (exact) mass is 250 g/mol. The Morgan fingerprint density at radius 2 is 2.24 bits per heavy atom. The highest BCUT2D eigenvalue weighted by molar-refractivity contribution is 6.32. The van der Waals surface area contributed by atoms with Crippen molar-refractivity contribution >= 4 is 22.5 Å². The van der Waals surface area contributed by atoms with Gasteiger partial charge >= 0.3 is 0 Å². The summed E-state index contributed by atoms with van der Waals surface area (Å²) in [5, 5.41) is 5.19. The molecular formula is C13H15ClN2O. The van der Waals surface area contributed by atoms with Gasteiger partial charge in [-0.25, -0.2) is 0 Å². The van der Waals surface area contributed by atoms with Crippen molar-refractivity contribution in [3.63, 3.8) is 0 Å². The second-order valence-electron chi connectivity index (χ2n) is 4.49. The average Bonchev–Trinajstić information content (AvgIpc) is 2.95. The predicted molar refractivity (Wildman–Crippen MR) is 70.1 cm³/mol. The highest BCUT2D eigenvalue weighted by Gasteiger charge is 2.18. The molecule has 1 unspecified atom stereocenters. The number of nitrogens with one attached hydrogen (secondary N) is 2. The third-order valence-corrected chi connectivity index (χ3v) is 3.71. The van der Waals surface area contributed by atoms with Crippen LogP contribution in [-0.4, -0.2) is 25.2 Å². The maximum Gasteiger partial charge on any atom is 0.138 e. The first-order valence-corrected chi connectivity index (χ1v) is 6.22. The lowest BCUT2D eigenvalue weighted by Crippen LogP contribution is -2.07. The fourth-order valence-electron chi connectivity index (χ4n) is 2.45. The zero-order valence-corrected chi connectivity index (χ0v) is 10.5. The van der Waals surface area contributed by atoms with Gasteiger partial charge in [0.05, 0.1) is 12.1 Å². The number of methoxy groups -OCH3 is 1. The molecule has 1 aliphatic rings. The molecule has 1 aromatic carbocycles. The van der Waals surface area contributed by atoms with E-state index in [-0.39, 0.29) is 0 Å². The number of benzene rings is 1. The van der Waals surface area contributed by atoms with E-state index in [0.29, 0.717) is 10.9 Å². The first-order valence-electron chi connectivity index (χ1n) is 5.85. The van der Waals surface area contributed by atoms with Crippen molar-refractivity contribution in [2.45, 2.75) is 12.3 Å². The van der Waals surface area contributed by atoms with E-state index < -0.39 is 0 Å². The molecule has 0 amide bonds. The lowest BCUT2D eigenvalue weighted by molar-refractivity contribution is 0.415. The average molecular weight is 251 g/mol. The van der Waals surface area contributed by atoms with E-state index in [0.717, 1.165) is 29.7 Å². The largest absolute Gasteiger partial charge is 0.495 e. The van der Waals surface area contributed by atoms with Gasteiger partial charge in [0.25, 0.3) is 0 Å². The lowest BCUT2D eigenvalue weighted by atomic mass is 10.1. The predicted octanol–water partition coefficient (Wildman–Crippen LogP) is 2.91. The van der Waals surface area contributed by atoms with Gasteiger partial charge in [-0.2, -0.15) is 0 Å². The van der Waals surface area contributed by atoms with E-state index in [1.54, 1.807) is 7.11 Å². The highest BCUT2D eigenvalue weighted by atomic mass is 35.5. The van der Waals surface area contributed by atoms with Crippen LogP contribution in [0.25, 0.3) is 10.9 Å². The molecule has 2 aromatic rings. The summed E-state index contributed by atoms with van der Waals surface area (Å²) in [4.78, 5) is 3.45. The van der Waals surface area contributed by atoms with Crippen LogP contribution in [-0.2, 0) is 0 Å². The van der Waals surface area contributed by atoms with Gasteiger partial charge in [0.1, 0.15) is 5.75 Å². The van der Waals surface area contributed by atoms with Gasteiger partial charge in [0, 0.05) is 29.1 Å². The summed E-state index contributed by atoms with van der Waals surface area (Å²) in [6.07, 6.45) is 1.19. The molecule has 1 fully saturated rings. The Balaban J connectivity index is 2.05. The van der Waals surface area contributed by atoms with Crippen molar-refractivity contribution < 1.29 is 4.74 Å². The first kappa shape index (κ1) is 10.9. The van der Waals surface area contributed by atoms with Crippen LogP contribution in [0.1, 0.15) is 18.0 Å². The van der Waals surface area contributed by atoms with Crippen molar-refractivity contribution in [1.29, 1.82) is 0 Å². The number of aromatic nitrogens is 1. The number of aromatic amines is 1. The molecule has 1 aromatic heterocycles. The number of H-pyrrole nitrogens is 1. The topological polar surface area (TPSA) is 37.0 Å². The SMILES string of the molecule is COc1cc2cc(C3CCNC3)[nH]c2cc1Cl. The van der Waals surface area contributed by atoms with Crippen LogP contribution in [0, 0.1) is 0 Å². The minimum Gasteiger partial charge on any atom is -0.495 e. The lowest BCUT2D eigenvalue weighted by Gasteiger charge is -2.03. The molecule has 1 atom stereocenters. The summed E-state index contributed by atoms with van der Waals surface area (Å²) < 4.78 is 5.23. The molecule has 4 heteroatoms. The fourth-order valence-corrected chi connectivity index (χ4v) is 2.69. The van der Waals surface area contributed by atoms with E-state index in [1.165, 1.54) is 12.1 Å².